The van der Waals surface area contributed by atoms with Crippen LogP contribution >= 0.6 is 11.6 Å². The van der Waals surface area contributed by atoms with E-state index in [4.69, 9.17) is 16.3 Å². The molecule has 0 aliphatic rings. The largest absolute Gasteiger partial charge is 0.473 e. The average molecular weight is 361 g/mol. The van der Waals surface area contributed by atoms with Crippen molar-refractivity contribution in [2.24, 2.45) is 0 Å². The van der Waals surface area contributed by atoms with E-state index in [9.17, 15) is 4.79 Å². The number of hydrogen-bond donors (Lipinski definition) is 2. The SMILES string of the molecule is Cc1ccc(OCNC(=O)NCc2ccccc2Cl)c(C(C)(C)C)c1. The minimum atomic E-state index is -0.302. The Labute approximate surface area is 154 Å². The second-order valence-electron chi connectivity index (χ2n) is 6.99. The lowest BCUT2D eigenvalue weighted by molar-refractivity contribution is 0.222. The van der Waals surface area contributed by atoms with Crippen LogP contribution in [0, 0.1) is 6.92 Å². The van der Waals surface area contributed by atoms with Gasteiger partial charge in [-0.25, -0.2) is 4.79 Å². The van der Waals surface area contributed by atoms with E-state index in [-0.39, 0.29) is 18.2 Å². The van der Waals surface area contributed by atoms with Crippen molar-refractivity contribution in [3.8, 4) is 5.75 Å². The molecule has 134 valence electrons. The highest BCUT2D eigenvalue weighted by Crippen LogP contribution is 2.31. The fourth-order valence-corrected chi connectivity index (χ4v) is 2.62. The van der Waals surface area contributed by atoms with Crippen molar-refractivity contribution in [2.75, 3.05) is 6.73 Å². The van der Waals surface area contributed by atoms with Crippen LogP contribution in [0.3, 0.4) is 0 Å². The van der Waals surface area contributed by atoms with Crippen molar-refractivity contribution in [1.29, 1.82) is 0 Å². The van der Waals surface area contributed by atoms with Gasteiger partial charge >= 0.3 is 6.03 Å². The molecule has 2 aromatic carbocycles. The van der Waals surface area contributed by atoms with Crippen molar-refractivity contribution in [3.63, 3.8) is 0 Å². The summed E-state index contributed by atoms with van der Waals surface area (Å²) in [5, 5.41) is 6.10. The molecule has 0 aromatic heterocycles. The van der Waals surface area contributed by atoms with Crippen molar-refractivity contribution in [3.05, 3.63) is 64.2 Å². The zero-order valence-corrected chi connectivity index (χ0v) is 15.9. The molecule has 0 fully saturated rings. The highest BCUT2D eigenvalue weighted by Gasteiger charge is 2.19. The maximum absolute atomic E-state index is 11.9. The van der Waals surface area contributed by atoms with E-state index in [2.05, 4.69) is 44.4 Å². The highest BCUT2D eigenvalue weighted by molar-refractivity contribution is 6.31. The van der Waals surface area contributed by atoms with Crippen molar-refractivity contribution >= 4 is 17.6 Å². The molecule has 25 heavy (non-hydrogen) atoms. The number of benzene rings is 2. The van der Waals surface area contributed by atoms with E-state index in [0.717, 1.165) is 16.9 Å². The summed E-state index contributed by atoms with van der Waals surface area (Å²) >= 11 is 6.07. The molecule has 0 aliphatic carbocycles. The number of rotatable bonds is 5. The Bertz CT molecular complexity index is 739. The normalized spacial score (nSPS) is 11.1. The van der Waals surface area contributed by atoms with Gasteiger partial charge in [0, 0.05) is 11.6 Å². The lowest BCUT2D eigenvalue weighted by Crippen LogP contribution is -2.37. The predicted octanol–water partition coefficient (Wildman–Crippen LogP) is 4.78. The Hall–Kier alpha value is -2.20. The number of aryl methyl sites for hydroxylation is 1. The quantitative estimate of drug-likeness (QED) is 0.754. The minimum Gasteiger partial charge on any atom is -0.473 e. The van der Waals surface area contributed by atoms with Crippen LogP contribution in [0.25, 0.3) is 0 Å². The molecular weight excluding hydrogens is 336 g/mol. The Morgan fingerprint density at radius 1 is 1.12 bits per heavy atom. The number of hydrogen-bond acceptors (Lipinski definition) is 2. The Morgan fingerprint density at radius 2 is 1.84 bits per heavy atom. The summed E-state index contributed by atoms with van der Waals surface area (Å²) in [4.78, 5) is 11.9. The molecule has 2 amide bonds. The van der Waals surface area contributed by atoms with Gasteiger partial charge in [-0.05, 0) is 35.6 Å². The summed E-state index contributed by atoms with van der Waals surface area (Å²) in [5.74, 6) is 0.782. The van der Waals surface area contributed by atoms with Gasteiger partial charge in [0.15, 0.2) is 6.73 Å². The van der Waals surface area contributed by atoms with Gasteiger partial charge < -0.3 is 15.4 Å². The maximum atomic E-state index is 11.9. The zero-order chi connectivity index (χ0) is 18.4. The van der Waals surface area contributed by atoms with Crippen molar-refractivity contribution < 1.29 is 9.53 Å². The van der Waals surface area contributed by atoms with Crippen LogP contribution in [0.2, 0.25) is 5.02 Å². The second-order valence-corrected chi connectivity index (χ2v) is 7.40. The van der Waals surface area contributed by atoms with Crippen molar-refractivity contribution in [2.45, 2.75) is 39.7 Å². The van der Waals surface area contributed by atoms with E-state index in [0.29, 0.717) is 11.6 Å². The van der Waals surface area contributed by atoms with Gasteiger partial charge in [0.2, 0.25) is 0 Å². The third-order valence-corrected chi connectivity index (χ3v) is 4.17. The summed E-state index contributed by atoms with van der Waals surface area (Å²) in [6.45, 7) is 8.93. The fourth-order valence-electron chi connectivity index (χ4n) is 2.41. The maximum Gasteiger partial charge on any atom is 0.317 e. The fraction of sp³-hybridized carbons (Fsp3) is 0.350. The summed E-state index contributed by atoms with van der Waals surface area (Å²) in [6, 6.07) is 13.2. The van der Waals surface area contributed by atoms with Gasteiger partial charge in [-0.3, -0.25) is 0 Å². The summed E-state index contributed by atoms with van der Waals surface area (Å²) in [7, 11) is 0. The first kappa shape index (κ1) is 19.1. The molecule has 0 heterocycles. The molecule has 0 saturated carbocycles. The van der Waals surface area contributed by atoms with Crippen LogP contribution < -0.4 is 15.4 Å². The summed E-state index contributed by atoms with van der Waals surface area (Å²) in [5.41, 5.74) is 3.13. The monoisotopic (exact) mass is 360 g/mol. The van der Waals surface area contributed by atoms with E-state index >= 15 is 0 Å². The molecule has 0 unspecified atom stereocenters. The van der Waals surface area contributed by atoms with Crippen LogP contribution in [-0.4, -0.2) is 12.8 Å². The predicted molar refractivity (Wildman–Crippen MR) is 102 cm³/mol. The lowest BCUT2D eigenvalue weighted by atomic mass is 9.85. The molecular formula is C20H25ClN2O2. The molecule has 2 rings (SSSR count). The molecule has 0 atom stereocenters. The van der Waals surface area contributed by atoms with Gasteiger partial charge in [0.05, 0.1) is 0 Å². The molecule has 0 aliphatic heterocycles. The lowest BCUT2D eigenvalue weighted by Gasteiger charge is -2.23. The van der Waals surface area contributed by atoms with Crippen LogP contribution in [-0.2, 0) is 12.0 Å². The Morgan fingerprint density at radius 3 is 2.52 bits per heavy atom. The van der Waals surface area contributed by atoms with Crippen LogP contribution in [0.15, 0.2) is 42.5 Å². The van der Waals surface area contributed by atoms with Gasteiger partial charge in [0.1, 0.15) is 5.75 Å². The Balaban J connectivity index is 1.86. The number of halogens is 1. The average Bonchev–Trinajstić information content (AvgIpc) is 2.54. The van der Waals surface area contributed by atoms with Gasteiger partial charge in [-0.2, -0.15) is 0 Å². The first-order valence-corrected chi connectivity index (χ1v) is 8.64. The first-order valence-electron chi connectivity index (χ1n) is 8.26. The number of carbonyl (C=O) groups is 1. The molecule has 0 bridgehead atoms. The third-order valence-electron chi connectivity index (χ3n) is 3.80. The van der Waals surface area contributed by atoms with Crippen LogP contribution in [0.4, 0.5) is 4.79 Å². The second kappa shape index (κ2) is 8.26. The first-order chi connectivity index (χ1) is 11.8. The van der Waals surface area contributed by atoms with Gasteiger partial charge in [-0.1, -0.05) is 68.3 Å². The van der Waals surface area contributed by atoms with E-state index < -0.39 is 0 Å². The van der Waals surface area contributed by atoms with E-state index in [1.807, 2.05) is 30.3 Å². The molecule has 0 spiro atoms. The molecule has 4 nitrogen and oxygen atoms in total. The topological polar surface area (TPSA) is 50.4 Å². The van der Waals surface area contributed by atoms with Gasteiger partial charge in [0.25, 0.3) is 0 Å². The zero-order valence-electron chi connectivity index (χ0n) is 15.2. The van der Waals surface area contributed by atoms with Gasteiger partial charge in [-0.15, -0.1) is 0 Å². The number of nitrogens with one attached hydrogen (secondary N) is 2. The molecule has 2 aromatic rings. The molecule has 0 radical (unpaired) electrons. The molecule has 0 saturated heterocycles. The number of ether oxygens (including phenoxy) is 1. The van der Waals surface area contributed by atoms with Crippen molar-refractivity contribution in [1.82, 2.24) is 10.6 Å². The number of urea groups is 1. The highest BCUT2D eigenvalue weighted by atomic mass is 35.5. The third kappa shape index (κ3) is 5.68. The number of carbonyl (C=O) groups excluding carboxylic acids is 1. The summed E-state index contributed by atoms with van der Waals surface area (Å²) in [6.07, 6.45) is 0. The standard InChI is InChI=1S/C20H25ClN2O2/c1-14-9-10-18(16(11-14)20(2,3)4)25-13-23-19(24)22-12-15-7-5-6-8-17(15)21/h5-11H,12-13H2,1-4H3,(H2,22,23,24). The molecule has 5 heteroatoms. The van der Waals surface area contributed by atoms with Crippen LogP contribution in [0.5, 0.6) is 5.75 Å². The smallest absolute Gasteiger partial charge is 0.317 e. The molecule has 2 N–H and O–H groups in total. The Kier molecular flexibility index (Phi) is 6.32. The van der Waals surface area contributed by atoms with E-state index in [1.54, 1.807) is 6.07 Å². The summed E-state index contributed by atoms with van der Waals surface area (Å²) < 4.78 is 5.77. The number of amides is 2. The minimum absolute atomic E-state index is 0.0341. The van der Waals surface area contributed by atoms with E-state index in [1.165, 1.54) is 5.56 Å². The van der Waals surface area contributed by atoms with Crippen LogP contribution in [0.1, 0.15) is 37.5 Å².